The Kier molecular flexibility index (Phi) is 8.23. The molecule has 1 aliphatic heterocycles. The maximum absolute atomic E-state index is 14.3. The van der Waals surface area contributed by atoms with E-state index >= 15 is 0 Å². The first kappa shape index (κ1) is 28.8. The van der Waals surface area contributed by atoms with E-state index in [1.165, 1.54) is 5.57 Å². The Bertz CT molecular complexity index is 1410. The lowest BCUT2D eigenvalue weighted by Gasteiger charge is -2.46. The number of carbonyl (C=O) groups is 1. The van der Waals surface area contributed by atoms with Crippen LogP contribution in [0.3, 0.4) is 0 Å². The second-order valence-electron chi connectivity index (χ2n) is 12.8. The molecule has 2 bridgehead atoms. The molecule has 7 rings (SSSR count). The summed E-state index contributed by atoms with van der Waals surface area (Å²) in [5, 5.41) is 24.4. The summed E-state index contributed by atoms with van der Waals surface area (Å²) in [6.45, 7) is 8.16. The Morgan fingerprint density at radius 1 is 1.10 bits per heavy atom. The van der Waals surface area contributed by atoms with Gasteiger partial charge in [0.25, 0.3) is 0 Å². The Labute approximate surface area is 247 Å². The minimum absolute atomic E-state index is 0.0475. The van der Waals surface area contributed by atoms with Gasteiger partial charge < -0.3 is 14.9 Å². The van der Waals surface area contributed by atoms with E-state index in [1.807, 2.05) is 24.3 Å². The Morgan fingerprint density at radius 3 is 2.71 bits per heavy atom. The molecule has 0 spiro atoms. The van der Waals surface area contributed by atoms with Crippen molar-refractivity contribution in [3.63, 3.8) is 0 Å². The summed E-state index contributed by atoms with van der Waals surface area (Å²) in [4.78, 5) is 17.4. The number of β-amino-alcohol motifs (C(OH)–C–C–N with tert-alkyl or cyclic N) is 1. The average Bonchev–Trinajstić information content (AvgIpc) is 3.51. The molecule has 1 saturated heterocycles. The number of benzene rings is 2. The van der Waals surface area contributed by atoms with Crippen LogP contribution in [0, 0.1) is 5.41 Å². The van der Waals surface area contributed by atoms with Crippen LogP contribution in [-0.4, -0.2) is 65.4 Å². The number of nitrogens with zero attached hydrogens (tertiary/aromatic N) is 1. The van der Waals surface area contributed by atoms with Crippen molar-refractivity contribution in [3.05, 3.63) is 81.7 Å². The zero-order valence-corrected chi connectivity index (χ0v) is 25.2. The van der Waals surface area contributed by atoms with Crippen molar-refractivity contribution in [2.24, 2.45) is 5.41 Å². The molecular formula is C35H43NO4S. The van der Waals surface area contributed by atoms with Crippen LogP contribution in [0.4, 0.5) is 0 Å². The van der Waals surface area contributed by atoms with Crippen molar-refractivity contribution in [2.75, 3.05) is 32.8 Å². The third kappa shape index (κ3) is 5.70. The van der Waals surface area contributed by atoms with E-state index in [0.29, 0.717) is 39.0 Å². The molecule has 4 atom stereocenters. The first-order chi connectivity index (χ1) is 19.8. The SMILES string of the molecule is CC1=CCCC2(C)C(CCC2(O)CN2CCOCC2)c2ccc(cc2C(=O)c2cc3ccccc3s2)CC(O)CC1. The van der Waals surface area contributed by atoms with E-state index in [1.54, 1.807) is 11.3 Å². The number of hydrogen-bond donors (Lipinski definition) is 2. The van der Waals surface area contributed by atoms with Crippen LogP contribution >= 0.6 is 11.3 Å². The molecule has 1 saturated carbocycles. The number of rotatable bonds is 4. The maximum Gasteiger partial charge on any atom is 0.203 e. The van der Waals surface area contributed by atoms with Gasteiger partial charge in [0.2, 0.25) is 5.78 Å². The summed E-state index contributed by atoms with van der Waals surface area (Å²) < 4.78 is 6.71. The maximum atomic E-state index is 14.3. The number of morpholine rings is 1. The molecule has 4 unspecified atom stereocenters. The van der Waals surface area contributed by atoms with Gasteiger partial charge in [0.15, 0.2) is 0 Å². The molecule has 5 nitrogen and oxygen atoms in total. The summed E-state index contributed by atoms with van der Waals surface area (Å²) in [7, 11) is 0. The number of hydrogen-bond acceptors (Lipinski definition) is 6. The van der Waals surface area contributed by atoms with E-state index in [9.17, 15) is 15.0 Å². The van der Waals surface area contributed by atoms with E-state index in [2.05, 4.69) is 49.1 Å². The summed E-state index contributed by atoms with van der Waals surface area (Å²) in [6.07, 6.45) is 7.21. The zero-order chi connectivity index (χ0) is 28.6. The van der Waals surface area contributed by atoms with Crippen LogP contribution < -0.4 is 0 Å². The number of carbonyl (C=O) groups excluding carboxylic acids is 1. The molecule has 41 heavy (non-hydrogen) atoms. The van der Waals surface area contributed by atoms with Crippen molar-refractivity contribution in [3.8, 4) is 0 Å². The van der Waals surface area contributed by atoms with E-state index < -0.39 is 17.1 Å². The highest BCUT2D eigenvalue weighted by Crippen LogP contribution is 2.59. The molecule has 4 aliphatic rings. The van der Waals surface area contributed by atoms with Crippen LogP contribution in [0.15, 0.2) is 60.2 Å². The molecule has 2 N–H and O–H groups in total. The van der Waals surface area contributed by atoms with E-state index in [-0.39, 0.29) is 11.7 Å². The molecular weight excluding hydrogens is 530 g/mol. The Hall–Kier alpha value is -2.35. The van der Waals surface area contributed by atoms with Gasteiger partial charge in [-0.3, -0.25) is 9.69 Å². The zero-order valence-electron chi connectivity index (χ0n) is 24.4. The Morgan fingerprint density at radius 2 is 1.90 bits per heavy atom. The molecule has 6 heteroatoms. The first-order valence-corrected chi connectivity index (χ1v) is 16.1. The fourth-order valence-corrected chi connectivity index (χ4v) is 8.57. The molecule has 0 amide bonds. The molecule has 2 fully saturated rings. The second kappa shape index (κ2) is 11.7. The summed E-state index contributed by atoms with van der Waals surface area (Å²) in [5.41, 5.74) is 2.81. The fraction of sp³-hybridized carbons (Fsp3) is 0.514. The van der Waals surface area contributed by atoms with Crippen LogP contribution in [0.5, 0.6) is 0 Å². The van der Waals surface area contributed by atoms with Gasteiger partial charge in [0.1, 0.15) is 0 Å². The van der Waals surface area contributed by atoms with Gasteiger partial charge in [0.05, 0.1) is 29.8 Å². The molecule has 2 aromatic carbocycles. The smallest absolute Gasteiger partial charge is 0.203 e. The van der Waals surface area contributed by atoms with Crippen LogP contribution in [0.1, 0.15) is 84.7 Å². The fourth-order valence-electron chi connectivity index (χ4n) is 7.55. The highest BCUT2D eigenvalue weighted by molar-refractivity contribution is 7.21. The Balaban J connectivity index is 1.44. The van der Waals surface area contributed by atoms with Crippen LogP contribution in [0.25, 0.3) is 10.1 Å². The number of ether oxygens (including phenoxy) is 1. The predicted octanol–water partition coefficient (Wildman–Crippen LogP) is 6.50. The monoisotopic (exact) mass is 573 g/mol. The van der Waals surface area contributed by atoms with E-state index in [4.69, 9.17) is 4.74 Å². The lowest BCUT2D eigenvalue weighted by molar-refractivity contribution is -0.0959. The number of thiophene rings is 1. The second-order valence-corrected chi connectivity index (χ2v) is 13.9. The number of aliphatic hydroxyl groups excluding tert-OH is 1. The summed E-state index contributed by atoms with van der Waals surface area (Å²) >= 11 is 1.55. The van der Waals surface area contributed by atoms with Gasteiger partial charge in [-0.1, -0.05) is 48.9 Å². The average molecular weight is 574 g/mol. The standard InChI is InChI=1S/C35H43NO4S/c1-24-6-5-14-34(2)30(13-15-35(34,39)23-36-16-18-40-19-17-36)28-12-10-25(20-27(37)11-9-24)21-29(28)33(38)32-22-26-7-3-4-8-31(26)41-32/h3-4,6-8,10,12,21-22,27,30,37,39H,5,9,11,13-20,23H2,1-2H3. The highest BCUT2D eigenvalue weighted by atomic mass is 32.1. The molecule has 2 heterocycles. The largest absolute Gasteiger partial charge is 0.393 e. The minimum atomic E-state index is -0.861. The number of aliphatic hydroxyl groups is 2. The lowest BCUT2D eigenvalue weighted by atomic mass is 9.64. The quantitative estimate of drug-likeness (QED) is 0.275. The van der Waals surface area contributed by atoms with Gasteiger partial charge >= 0.3 is 0 Å². The summed E-state index contributed by atoms with van der Waals surface area (Å²) in [6, 6.07) is 16.5. The number of allylic oxidation sites excluding steroid dienone is 2. The molecule has 1 aromatic heterocycles. The highest BCUT2D eigenvalue weighted by Gasteiger charge is 2.57. The molecule has 0 radical (unpaired) electrons. The van der Waals surface area contributed by atoms with Gasteiger partial charge in [0, 0.05) is 35.3 Å². The van der Waals surface area contributed by atoms with Gasteiger partial charge in [-0.05, 0) is 92.5 Å². The van der Waals surface area contributed by atoms with E-state index in [0.717, 1.165) is 70.4 Å². The topological polar surface area (TPSA) is 70.0 Å². The van der Waals surface area contributed by atoms with Crippen molar-refractivity contribution in [1.82, 2.24) is 4.90 Å². The third-order valence-electron chi connectivity index (χ3n) is 10.2. The van der Waals surface area contributed by atoms with Crippen LogP contribution in [-0.2, 0) is 11.2 Å². The first-order valence-electron chi connectivity index (χ1n) is 15.3. The van der Waals surface area contributed by atoms with Crippen molar-refractivity contribution in [2.45, 2.75) is 76.4 Å². The molecule has 3 aromatic rings. The third-order valence-corrected chi connectivity index (χ3v) is 11.3. The number of fused-ring (bicyclic) bond motifs is 9. The molecule has 3 aliphatic carbocycles. The van der Waals surface area contributed by atoms with Crippen molar-refractivity contribution >= 4 is 27.2 Å². The van der Waals surface area contributed by atoms with Gasteiger partial charge in [-0.15, -0.1) is 11.3 Å². The van der Waals surface area contributed by atoms with Crippen LogP contribution in [0.2, 0.25) is 0 Å². The van der Waals surface area contributed by atoms with Crippen molar-refractivity contribution < 1.29 is 19.7 Å². The predicted molar refractivity (Wildman–Crippen MR) is 166 cm³/mol. The minimum Gasteiger partial charge on any atom is -0.393 e. The molecule has 218 valence electrons. The summed E-state index contributed by atoms with van der Waals surface area (Å²) in [5.74, 6) is 0.101. The van der Waals surface area contributed by atoms with Crippen molar-refractivity contribution in [1.29, 1.82) is 0 Å². The normalized spacial score (nSPS) is 29.7. The lowest BCUT2D eigenvalue weighted by Crippen LogP contribution is -2.54. The number of ketones is 1. The van der Waals surface area contributed by atoms with Gasteiger partial charge in [-0.25, -0.2) is 0 Å². The van der Waals surface area contributed by atoms with Gasteiger partial charge in [-0.2, -0.15) is 0 Å².